The van der Waals surface area contributed by atoms with Crippen molar-refractivity contribution in [3.63, 3.8) is 0 Å². The third-order valence-corrected chi connectivity index (χ3v) is 6.20. The highest BCUT2D eigenvalue weighted by molar-refractivity contribution is 5.93. The summed E-state index contributed by atoms with van der Waals surface area (Å²) in [6, 6.07) is 10.4. The number of amides is 2. The van der Waals surface area contributed by atoms with Crippen LogP contribution in [-0.2, 0) is 4.79 Å². The van der Waals surface area contributed by atoms with Crippen molar-refractivity contribution in [2.24, 2.45) is 0 Å². The Bertz CT molecular complexity index is 1160. The van der Waals surface area contributed by atoms with Gasteiger partial charge in [-0.25, -0.2) is 13.9 Å². The van der Waals surface area contributed by atoms with E-state index in [1.54, 1.807) is 21.5 Å². The summed E-state index contributed by atoms with van der Waals surface area (Å²) in [5, 5.41) is 7.56. The third-order valence-electron chi connectivity index (χ3n) is 6.20. The summed E-state index contributed by atoms with van der Waals surface area (Å²) in [7, 11) is 0. The zero-order valence-electron chi connectivity index (χ0n) is 17.7. The van der Waals surface area contributed by atoms with Gasteiger partial charge in [-0.3, -0.25) is 9.59 Å². The Morgan fingerprint density at radius 2 is 2.09 bits per heavy atom. The molecule has 0 spiro atoms. The topological polar surface area (TPSA) is 82.8 Å². The number of benzene rings is 1. The first-order chi connectivity index (χ1) is 15.6. The first kappa shape index (κ1) is 20.4. The fourth-order valence-electron chi connectivity index (χ4n) is 4.61. The van der Waals surface area contributed by atoms with Gasteiger partial charge in [-0.05, 0) is 49.1 Å². The number of nitrogens with one attached hydrogen (secondary N) is 1. The van der Waals surface area contributed by atoms with Gasteiger partial charge in [0, 0.05) is 32.6 Å². The van der Waals surface area contributed by atoms with E-state index >= 15 is 0 Å². The Balaban J connectivity index is 1.34. The molecule has 0 saturated carbocycles. The lowest BCUT2D eigenvalue weighted by atomic mass is 10.0. The second-order valence-electron chi connectivity index (χ2n) is 8.25. The number of aromatic nitrogens is 3. The van der Waals surface area contributed by atoms with Gasteiger partial charge in [0.1, 0.15) is 11.6 Å². The van der Waals surface area contributed by atoms with Gasteiger partial charge in [-0.2, -0.15) is 0 Å². The number of imidazole rings is 1. The molecule has 32 heavy (non-hydrogen) atoms. The number of nitrogens with zero attached hydrogens (tertiary/aromatic N) is 5. The quantitative estimate of drug-likeness (QED) is 0.642. The predicted octanol–water partition coefficient (Wildman–Crippen LogP) is 2.56. The highest BCUT2D eigenvalue weighted by Crippen LogP contribution is 2.35. The van der Waals surface area contributed by atoms with Crippen LogP contribution in [0.25, 0.3) is 5.65 Å². The van der Waals surface area contributed by atoms with Crippen LogP contribution >= 0.6 is 0 Å². The molecule has 1 N–H and O–H groups in total. The lowest BCUT2D eigenvalue weighted by molar-refractivity contribution is -0.127. The van der Waals surface area contributed by atoms with Crippen molar-refractivity contribution >= 4 is 23.3 Å². The first-order valence-electron chi connectivity index (χ1n) is 11.0. The fraction of sp³-hybridized carbons (Fsp3) is 0.391. The van der Waals surface area contributed by atoms with Crippen molar-refractivity contribution in [2.45, 2.75) is 31.7 Å². The molecule has 2 aromatic heterocycles. The molecule has 0 bridgehead atoms. The summed E-state index contributed by atoms with van der Waals surface area (Å²) in [4.78, 5) is 32.7. The molecule has 2 aliphatic rings. The summed E-state index contributed by atoms with van der Waals surface area (Å²) < 4.78 is 15.3. The Morgan fingerprint density at radius 3 is 2.91 bits per heavy atom. The minimum absolute atomic E-state index is 0.0365. The average Bonchev–Trinajstić information content (AvgIpc) is 3.53. The number of anilines is 1. The molecule has 2 aliphatic heterocycles. The van der Waals surface area contributed by atoms with E-state index in [1.165, 1.54) is 12.3 Å². The van der Waals surface area contributed by atoms with Crippen molar-refractivity contribution in [1.82, 2.24) is 24.8 Å². The normalized spacial score (nSPS) is 18.7. The van der Waals surface area contributed by atoms with Crippen LogP contribution in [0.5, 0.6) is 0 Å². The fourth-order valence-corrected chi connectivity index (χ4v) is 4.61. The van der Waals surface area contributed by atoms with Gasteiger partial charge in [-0.15, -0.1) is 5.10 Å². The molecule has 9 heteroatoms. The van der Waals surface area contributed by atoms with E-state index in [1.807, 2.05) is 18.2 Å². The Morgan fingerprint density at radius 1 is 1.19 bits per heavy atom. The molecular formula is C23H25FN6O2. The van der Waals surface area contributed by atoms with Crippen LogP contribution in [0, 0.1) is 5.82 Å². The highest BCUT2D eigenvalue weighted by atomic mass is 19.1. The molecule has 5 rings (SSSR count). The van der Waals surface area contributed by atoms with Gasteiger partial charge in [-0.1, -0.05) is 12.1 Å². The van der Waals surface area contributed by atoms with Gasteiger partial charge in [0.15, 0.2) is 11.3 Å². The molecular weight excluding hydrogens is 411 g/mol. The monoisotopic (exact) mass is 436 g/mol. The van der Waals surface area contributed by atoms with Crippen molar-refractivity contribution in [2.75, 3.05) is 31.1 Å². The van der Waals surface area contributed by atoms with Crippen LogP contribution in [-0.4, -0.2) is 57.5 Å². The van der Waals surface area contributed by atoms with E-state index in [4.69, 9.17) is 5.10 Å². The number of likely N-dealkylation sites (tertiary alicyclic amines) is 1. The van der Waals surface area contributed by atoms with Gasteiger partial charge < -0.3 is 15.1 Å². The number of hydrogen-bond donors (Lipinski definition) is 1. The Labute approximate surface area is 185 Å². The van der Waals surface area contributed by atoms with E-state index in [0.29, 0.717) is 30.9 Å². The third kappa shape index (κ3) is 3.90. The van der Waals surface area contributed by atoms with E-state index in [2.05, 4.69) is 15.2 Å². The summed E-state index contributed by atoms with van der Waals surface area (Å²) in [6.45, 7) is 2.44. The van der Waals surface area contributed by atoms with Crippen LogP contribution in [0.2, 0.25) is 0 Å². The lowest BCUT2D eigenvalue weighted by Gasteiger charge is -2.26. The Hall–Kier alpha value is -3.49. The number of carbonyl (C=O) groups excluding carboxylic acids is 2. The van der Waals surface area contributed by atoms with Crippen molar-refractivity contribution in [3.8, 4) is 0 Å². The number of halogens is 1. The molecule has 4 heterocycles. The largest absolute Gasteiger partial charge is 0.349 e. The van der Waals surface area contributed by atoms with Gasteiger partial charge in [0.05, 0.1) is 12.2 Å². The predicted molar refractivity (Wildman–Crippen MR) is 117 cm³/mol. The number of rotatable bonds is 6. The number of fused-ring (bicyclic) bond motifs is 1. The maximum Gasteiger partial charge on any atom is 0.271 e. The Kier molecular flexibility index (Phi) is 5.46. The van der Waals surface area contributed by atoms with Crippen LogP contribution in [0.4, 0.5) is 10.2 Å². The van der Waals surface area contributed by atoms with Crippen LogP contribution in [0.3, 0.4) is 0 Å². The molecule has 2 fully saturated rings. The molecule has 1 atom stereocenters. The van der Waals surface area contributed by atoms with Gasteiger partial charge >= 0.3 is 0 Å². The molecule has 2 amide bonds. The molecule has 2 saturated heterocycles. The summed E-state index contributed by atoms with van der Waals surface area (Å²) in [5.41, 5.74) is 1.84. The number of carbonyl (C=O) groups is 2. The molecule has 1 aromatic carbocycles. The maximum atomic E-state index is 13.8. The smallest absolute Gasteiger partial charge is 0.271 e. The second kappa shape index (κ2) is 8.57. The van der Waals surface area contributed by atoms with E-state index in [0.717, 1.165) is 43.7 Å². The average molecular weight is 436 g/mol. The summed E-state index contributed by atoms with van der Waals surface area (Å²) in [5.74, 6) is 0.330. The molecule has 0 radical (unpaired) electrons. The number of hydrogen-bond acceptors (Lipinski definition) is 5. The van der Waals surface area contributed by atoms with Crippen molar-refractivity contribution in [3.05, 3.63) is 59.7 Å². The lowest BCUT2D eigenvalue weighted by Crippen LogP contribution is -2.36. The SMILES string of the molecule is O=C(NCCN1CCCC1=O)c1cnc2ccc(N3CCCC3c3cccc(F)c3)nn12. The van der Waals surface area contributed by atoms with Crippen molar-refractivity contribution < 1.29 is 14.0 Å². The molecule has 3 aromatic rings. The van der Waals surface area contributed by atoms with E-state index in [9.17, 15) is 14.0 Å². The highest BCUT2D eigenvalue weighted by Gasteiger charge is 2.28. The van der Waals surface area contributed by atoms with E-state index in [-0.39, 0.29) is 23.7 Å². The van der Waals surface area contributed by atoms with Gasteiger partial charge in [0.2, 0.25) is 5.91 Å². The van der Waals surface area contributed by atoms with Gasteiger partial charge in [0.25, 0.3) is 5.91 Å². The zero-order chi connectivity index (χ0) is 22.1. The molecule has 8 nitrogen and oxygen atoms in total. The maximum absolute atomic E-state index is 13.8. The second-order valence-corrected chi connectivity index (χ2v) is 8.25. The van der Waals surface area contributed by atoms with Crippen LogP contribution in [0.15, 0.2) is 42.6 Å². The van der Waals surface area contributed by atoms with Crippen LogP contribution < -0.4 is 10.2 Å². The first-order valence-corrected chi connectivity index (χ1v) is 11.0. The minimum atomic E-state index is -0.281. The minimum Gasteiger partial charge on any atom is -0.349 e. The standard InChI is InChI=1S/C23H25FN6O2/c24-17-5-1-4-16(14-17)18-6-2-12-29(18)21-9-8-20-26-15-19(30(20)27-21)23(32)25-10-13-28-11-3-7-22(28)31/h1,4-5,8-9,14-15,18H,2-3,6-7,10-13H2,(H,25,32). The molecule has 1 unspecified atom stereocenters. The summed E-state index contributed by atoms with van der Waals surface area (Å²) in [6.07, 6.45) is 4.86. The molecule has 166 valence electrons. The zero-order valence-corrected chi connectivity index (χ0v) is 17.7. The van der Waals surface area contributed by atoms with Crippen molar-refractivity contribution in [1.29, 1.82) is 0 Å². The van der Waals surface area contributed by atoms with E-state index < -0.39 is 0 Å². The van der Waals surface area contributed by atoms with Crippen LogP contribution in [0.1, 0.15) is 47.8 Å². The summed E-state index contributed by atoms with van der Waals surface area (Å²) >= 11 is 0. The molecule has 0 aliphatic carbocycles.